The minimum atomic E-state index is -0.851. The molecule has 0 aliphatic heterocycles. The van der Waals surface area contributed by atoms with Crippen LogP contribution in [0.1, 0.15) is 322 Å². The number of hydrogen-bond donors (Lipinski definition) is 3. The molecular formula is C64H119NO5. The summed E-state index contributed by atoms with van der Waals surface area (Å²) in [7, 11) is 0. The van der Waals surface area contributed by atoms with Crippen molar-refractivity contribution in [2.45, 2.75) is 334 Å². The van der Waals surface area contributed by atoms with Gasteiger partial charge in [0.25, 0.3) is 0 Å². The Morgan fingerprint density at radius 2 is 0.714 bits per heavy atom. The van der Waals surface area contributed by atoms with E-state index in [9.17, 15) is 19.8 Å². The van der Waals surface area contributed by atoms with E-state index >= 15 is 0 Å². The van der Waals surface area contributed by atoms with E-state index in [2.05, 4.69) is 55.6 Å². The van der Waals surface area contributed by atoms with Crippen molar-refractivity contribution in [3.8, 4) is 0 Å². The first-order valence-electron chi connectivity index (χ1n) is 30.9. The molecule has 0 aliphatic rings. The Kier molecular flexibility index (Phi) is 57.5. The average Bonchev–Trinajstić information content (AvgIpc) is 3.36. The van der Waals surface area contributed by atoms with Crippen LogP contribution in [0.25, 0.3) is 0 Å². The van der Waals surface area contributed by atoms with Crippen LogP contribution in [-0.2, 0) is 14.3 Å². The summed E-state index contributed by atoms with van der Waals surface area (Å²) in [6.45, 7) is 4.89. The van der Waals surface area contributed by atoms with Gasteiger partial charge in [0, 0.05) is 12.8 Å². The highest BCUT2D eigenvalue weighted by atomic mass is 16.5. The van der Waals surface area contributed by atoms with Crippen molar-refractivity contribution in [1.82, 2.24) is 5.32 Å². The Morgan fingerprint density at radius 1 is 0.400 bits per heavy atom. The Balaban J connectivity index is 3.47. The van der Waals surface area contributed by atoms with Crippen LogP contribution < -0.4 is 5.32 Å². The number of hydrogen-bond acceptors (Lipinski definition) is 5. The van der Waals surface area contributed by atoms with Gasteiger partial charge in [-0.3, -0.25) is 9.59 Å². The summed E-state index contributed by atoms with van der Waals surface area (Å²) in [6.07, 6.45) is 75.7. The van der Waals surface area contributed by atoms with E-state index in [4.69, 9.17) is 4.74 Å². The number of amides is 1. The number of unbranched alkanes of at least 4 members (excludes halogenated alkanes) is 40. The molecule has 0 saturated carbocycles. The Morgan fingerprint density at radius 3 is 1.10 bits per heavy atom. The highest BCUT2D eigenvalue weighted by Gasteiger charge is 2.18. The van der Waals surface area contributed by atoms with Crippen LogP contribution in [0.15, 0.2) is 48.6 Å². The van der Waals surface area contributed by atoms with Crippen LogP contribution in [-0.4, -0.2) is 47.4 Å². The van der Waals surface area contributed by atoms with Crippen LogP contribution in [0.5, 0.6) is 0 Å². The summed E-state index contributed by atoms with van der Waals surface area (Å²) in [5.41, 5.74) is 0. The van der Waals surface area contributed by atoms with Crippen LogP contribution in [0.4, 0.5) is 0 Å². The maximum absolute atomic E-state index is 12.4. The number of aliphatic hydroxyl groups is 2. The van der Waals surface area contributed by atoms with Crippen molar-refractivity contribution in [2.75, 3.05) is 13.2 Å². The first-order chi connectivity index (χ1) is 34.5. The molecule has 0 aromatic rings. The number of nitrogens with one attached hydrogen (secondary N) is 1. The van der Waals surface area contributed by atoms with E-state index in [0.29, 0.717) is 19.4 Å². The van der Waals surface area contributed by atoms with Crippen molar-refractivity contribution >= 4 is 11.9 Å². The van der Waals surface area contributed by atoms with Crippen LogP contribution in [0.3, 0.4) is 0 Å². The van der Waals surface area contributed by atoms with E-state index in [1.54, 1.807) is 6.08 Å². The predicted molar refractivity (Wildman–Crippen MR) is 306 cm³/mol. The van der Waals surface area contributed by atoms with Gasteiger partial charge < -0.3 is 20.3 Å². The zero-order chi connectivity index (χ0) is 50.7. The third kappa shape index (κ3) is 55.1. The van der Waals surface area contributed by atoms with Crippen molar-refractivity contribution in [3.63, 3.8) is 0 Å². The van der Waals surface area contributed by atoms with Gasteiger partial charge in [-0.15, -0.1) is 0 Å². The molecule has 0 bridgehead atoms. The van der Waals surface area contributed by atoms with Crippen molar-refractivity contribution in [1.29, 1.82) is 0 Å². The molecule has 6 heteroatoms. The first kappa shape index (κ1) is 67.8. The second kappa shape index (κ2) is 59.4. The van der Waals surface area contributed by atoms with Gasteiger partial charge in [-0.25, -0.2) is 0 Å². The van der Waals surface area contributed by atoms with E-state index in [1.165, 1.54) is 231 Å². The van der Waals surface area contributed by atoms with Gasteiger partial charge in [0.15, 0.2) is 0 Å². The Labute approximate surface area is 436 Å². The normalized spacial score (nSPS) is 12.9. The minimum absolute atomic E-state index is 0.00120. The standard InChI is InChI=1S/C64H119NO5/c1-3-5-7-9-11-13-15-17-19-30-34-38-42-46-50-54-58-64(69)70-59-55-51-47-43-39-35-31-28-26-24-22-20-21-23-25-27-29-33-37-41-45-49-53-57-63(68)65-61(60-66)62(67)56-52-48-44-40-36-32-18-16-14-12-10-8-6-4-2/h19-20,22-23,25,30,52,56,61-62,66-67H,3-18,21,24,26-29,31-51,53-55,57-60H2,1-2H3,(H,65,68)/b22-20-,25-23-,30-19-,56-52+. The molecule has 3 N–H and O–H groups in total. The van der Waals surface area contributed by atoms with Gasteiger partial charge >= 0.3 is 5.97 Å². The maximum Gasteiger partial charge on any atom is 0.305 e. The minimum Gasteiger partial charge on any atom is -0.466 e. The highest BCUT2D eigenvalue weighted by molar-refractivity contribution is 5.76. The molecule has 410 valence electrons. The lowest BCUT2D eigenvalue weighted by Gasteiger charge is -2.20. The average molecular weight is 983 g/mol. The third-order valence-corrected chi connectivity index (χ3v) is 14.1. The Hall–Kier alpha value is -2.18. The lowest BCUT2D eigenvalue weighted by atomic mass is 10.0. The predicted octanol–water partition coefficient (Wildman–Crippen LogP) is 19.4. The van der Waals surface area contributed by atoms with Gasteiger partial charge in [0.1, 0.15) is 0 Å². The molecule has 0 saturated heterocycles. The largest absolute Gasteiger partial charge is 0.466 e. The molecule has 0 aliphatic carbocycles. The van der Waals surface area contributed by atoms with Gasteiger partial charge in [-0.05, 0) is 89.9 Å². The number of rotatable bonds is 57. The number of carbonyl (C=O) groups excluding carboxylic acids is 2. The molecule has 1 amide bonds. The molecule has 70 heavy (non-hydrogen) atoms. The second-order valence-electron chi connectivity index (χ2n) is 21.0. The number of aliphatic hydroxyl groups excluding tert-OH is 2. The SMILES string of the molecule is CCCCCCCCC/C=C\CCCCCCCC(=O)OCCCCCCCCCCC/C=C\C/C=C\CCCCCCCCCC(=O)NC(CO)C(O)/C=C/CCCCCCCCCCCCCC. The molecule has 0 rings (SSSR count). The molecule has 0 aromatic carbocycles. The van der Waals surface area contributed by atoms with Gasteiger partial charge in [0.2, 0.25) is 5.91 Å². The third-order valence-electron chi connectivity index (χ3n) is 14.1. The molecule has 0 fully saturated rings. The number of allylic oxidation sites excluding steroid dienone is 7. The fourth-order valence-electron chi connectivity index (χ4n) is 9.31. The van der Waals surface area contributed by atoms with Crippen LogP contribution in [0, 0.1) is 0 Å². The van der Waals surface area contributed by atoms with E-state index < -0.39 is 12.1 Å². The van der Waals surface area contributed by atoms with Crippen molar-refractivity contribution in [3.05, 3.63) is 48.6 Å². The van der Waals surface area contributed by atoms with Crippen molar-refractivity contribution < 1.29 is 24.5 Å². The van der Waals surface area contributed by atoms with Crippen molar-refractivity contribution in [2.24, 2.45) is 0 Å². The molecule has 6 nitrogen and oxygen atoms in total. The van der Waals surface area contributed by atoms with Gasteiger partial charge in [-0.2, -0.15) is 0 Å². The lowest BCUT2D eigenvalue weighted by molar-refractivity contribution is -0.143. The molecule has 0 spiro atoms. The summed E-state index contributed by atoms with van der Waals surface area (Å²) in [4.78, 5) is 24.5. The summed E-state index contributed by atoms with van der Waals surface area (Å²) in [6, 6.07) is -0.636. The fraction of sp³-hybridized carbons (Fsp3) is 0.844. The second-order valence-corrected chi connectivity index (χ2v) is 21.0. The van der Waals surface area contributed by atoms with Crippen LogP contribution >= 0.6 is 0 Å². The van der Waals surface area contributed by atoms with E-state index in [1.807, 2.05) is 6.08 Å². The summed E-state index contributed by atoms with van der Waals surface area (Å²) in [5, 5.41) is 23.1. The summed E-state index contributed by atoms with van der Waals surface area (Å²) >= 11 is 0. The molecule has 0 aromatic heterocycles. The number of esters is 1. The first-order valence-corrected chi connectivity index (χ1v) is 30.9. The maximum atomic E-state index is 12.4. The van der Waals surface area contributed by atoms with Crippen LogP contribution in [0.2, 0.25) is 0 Å². The molecule has 0 radical (unpaired) electrons. The molecular weight excluding hydrogens is 863 g/mol. The quantitative estimate of drug-likeness (QED) is 0.0321. The smallest absolute Gasteiger partial charge is 0.305 e. The fourth-order valence-corrected chi connectivity index (χ4v) is 9.31. The summed E-state index contributed by atoms with van der Waals surface area (Å²) < 4.78 is 5.48. The molecule has 2 unspecified atom stereocenters. The van der Waals surface area contributed by atoms with Gasteiger partial charge in [0.05, 0.1) is 25.4 Å². The summed E-state index contributed by atoms with van der Waals surface area (Å²) in [5.74, 6) is -0.0797. The number of ether oxygens (including phenoxy) is 1. The molecule has 2 atom stereocenters. The van der Waals surface area contributed by atoms with E-state index in [0.717, 1.165) is 64.2 Å². The molecule has 0 heterocycles. The Bertz CT molecular complexity index is 1180. The highest BCUT2D eigenvalue weighted by Crippen LogP contribution is 2.16. The topological polar surface area (TPSA) is 95.9 Å². The zero-order valence-corrected chi connectivity index (χ0v) is 46.7. The monoisotopic (exact) mass is 982 g/mol. The number of carbonyl (C=O) groups is 2. The lowest BCUT2D eigenvalue weighted by Crippen LogP contribution is -2.45. The zero-order valence-electron chi connectivity index (χ0n) is 46.7. The van der Waals surface area contributed by atoms with E-state index in [-0.39, 0.29) is 18.5 Å². The van der Waals surface area contributed by atoms with Gasteiger partial charge in [-0.1, -0.05) is 268 Å².